The van der Waals surface area contributed by atoms with Crippen molar-refractivity contribution in [2.24, 2.45) is 0 Å². The van der Waals surface area contributed by atoms with E-state index in [0.717, 1.165) is 17.1 Å². The Kier molecular flexibility index (Phi) is 4.75. The second-order valence-electron chi connectivity index (χ2n) is 6.17. The van der Waals surface area contributed by atoms with Gasteiger partial charge < -0.3 is 9.52 Å². The number of nitrogens with zero attached hydrogens (tertiary/aromatic N) is 7. The third-order valence-electron chi connectivity index (χ3n) is 4.26. The van der Waals surface area contributed by atoms with Crippen molar-refractivity contribution in [1.29, 1.82) is 0 Å². The van der Waals surface area contributed by atoms with Crippen LogP contribution in [0.3, 0.4) is 0 Å². The van der Waals surface area contributed by atoms with Crippen LogP contribution in [0.25, 0.3) is 17.3 Å². The van der Waals surface area contributed by atoms with E-state index < -0.39 is 6.10 Å². The van der Waals surface area contributed by atoms with E-state index in [2.05, 4.69) is 25.6 Å². The van der Waals surface area contributed by atoms with Gasteiger partial charge in [0.2, 0.25) is 5.82 Å². The van der Waals surface area contributed by atoms with Gasteiger partial charge in [-0.05, 0) is 46.7 Å². The molecule has 3 aromatic heterocycles. The smallest absolute Gasteiger partial charge is 0.217 e. The monoisotopic (exact) mass is 365 g/mol. The number of furan rings is 1. The van der Waals surface area contributed by atoms with Gasteiger partial charge in [-0.1, -0.05) is 19.1 Å². The van der Waals surface area contributed by atoms with Crippen molar-refractivity contribution < 1.29 is 9.52 Å². The van der Waals surface area contributed by atoms with Crippen LogP contribution < -0.4 is 0 Å². The van der Waals surface area contributed by atoms with Gasteiger partial charge in [0.15, 0.2) is 5.76 Å². The molecule has 0 aliphatic carbocycles. The van der Waals surface area contributed by atoms with Gasteiger partial charge in [0.25, 0.3) is 0 Å². The summed E-state index contributed by atoms with van der Waals surface area (Å²) in [5, 5.41) is 25.7. The Bertz CT molecular complexity index is 976. The normalized spacial score (nSPS) is 12.4. The lowest BCUT2D eigenvalue weighted by molar-refractivity contribution is 0.144. The van der Waals surface area contributed by atoms with E-state index in [-0.39, 0.29) is 0 Å². The fraction of sp³-hybridized carbons (Fsp3) is 0.278. The number of hydrogen-bond acceptors (Lipinski definition) is 7. The van der Waals surface area contributed by atoms with Crippen LogP contribution in [0, 0.1) is 0 Å². The van der Waals surface area contributed by atoms with Gasteiger partial charge >= 0.3 is 0 Å². The SMILES string of the molecule is CCC(O)Cn1nc(-c2ccco2)nc1Cc1ccc(-n2cnnn2)cc1. The van der Waals surface area contributed by atoms with Crippen LogP contribution in [0.4, 0.5) is 0 Å². The van der Waals surface area contributed by atoms with Gasteiger partial charge in [0.05, 0.1) is 24.6 Å². The van der Waals surface area contributed by atoms with Crippen LogP contribution >= 0.6 is 0 Å². The highest BCUT2D eigenvalue weighted by atomic mass is 16.3. The average molecular weight is 365 g/mol. The molecule has 1 N–H and O–H groups in total. The molecule has 0 saturated carbocycles. The van der Waals surface area contributed by atoms with Gasteiger partial charge in [-0.3, -0.25) is 0 Å². The summed E-state index contributed by atoms with van der Waals surface area (Å²) in [7, 11) is 0. The first kappa shape index (κ1) is 17.1. The molecular weight excluding hydrogens is 346 g/mol. The third kappa shape index (κ3) is 3.77. The molecule has 1 aromatic carbocycles. The fourth-order valence-corrected chi connectivity index (χ4v) is 2.72. The average Bonchev–Trinajstić information content (AvgIpc) is 3.45. The zero-order valence-electron chi connectivity index (χ0n) is 14.8. The molecule has 0 amide bonds. The maximum absolute atomic E-state index is 10.1. The molecule has 0 saturated heterocycles. The summed E-state index contributed by atoms with van der Waals surface area (Å²) < 4.78 is 8.75. The van der Waals surface area contributed by atoms with E-state index in [9.17, 15) is 5.11 Å². The molecule has 0 bridgehead atoms. The number of rotatable bonds is 7. The minimum atomic E-state index is -0.475. The number of aromatic nitrogens is 7. The van der Waals surface area contributed by atoms with E-state index in [1.54, 1.807) is 28.0 Å². The van der Waals surface area contributed by atoms with Crippen LogP contribution in [-0.4, -0.2) is 46.2 Å². The summed E-state index contributed by atoms with van der Waals surface area (Å²) in [5.74, 6) is 1.89. The molecule has 9 heteroatoms. The molecule has 3 heterocycles. The number of benzene rings is 1. The maximum Gasteiger partial charge on any atom is 0.217 e. The Hall–Kier alpha value is -3.33. The zero-order chi connectivity index (χ0) is 18.6. The molecule has 4 rings (SSSR count). The number of hydrogen-bond donors (Lipinski definition) is 1. The third-order valence-corrected chi connectivity index (χ3v) is 4.26. The standard InChI is InChI=1S/C18H19N7O2/c1-2-15(26)11-24-17(20-18(21-24)16-4-3-9-27-16)10-13-5-7-14(8-6-13)25-12-19-22-23-25/h3-9,12,15,26H,2,10-11H2,1H3. The van der Waals surface area contributed by atoms with E-state index in [1.165, 1.54) is 0 Å². The molecule has 0 fully saturated rings. The van der Waals surface area contributed by atoms with Crippen molar-refractivity contribution in [3.63, 3.8) is 0 Å². The summed E-state index contributed by atoms with van der Waals surface area (Å²) >= 11 is 0. The maximum atomic E-state index is 10.1. The van der Waals surface area contributed by atoms with Gasteiger partial charge in [0, 0.05) is 6.42 Å². The van der Waals surface area contributed by atoms with Crippen molar-refractivity contribution in [3.05, 3.63) is 60.4 Å². The molecule has 0 aliphatic rings. The number of aliphatic hydroxyl groups is 1. The number of tetrazole rings is 1. The van der Waals surface area contributed by atoms with Gasteiger partial charge in [-0.25, -0.2) is 14.3 Å². The Morgan fingerprint density at radius 2 is 2.04 bits per heavy atom. The Morgan fingerprint density at radius 3 is 2.70 bits per heavy atom. The minimum absolute atomic E-state index is 0.391. The van der Waals surface area contributed by atoms with Crippen LogP contribution in [-0.2, 0) is 13.0 Å². The molecular formula is C18H19N7O2. The first-order chi connectivity index (χ1) is 13.2. The fourth-order valence-electron chi connectivity index (χ4n) is 2.72. The Labute approximate surface area is 155 Å². The van der Waals surface area contributed by atoms with Crippen molar-refractivity contribution in [1.82, 2.24) is 35.0 Å². The predicted octanol–water partition coefficient (Wildman–Crippen LogP) is 1.88. The lowest BCUT2D eigenvalue weighted by Crippen LogP contribution is -2.18. The molecule has 0 radical (unpaired) electrons. The van der Waals surface area contributed by atoms with Crippen LogP contribution in [0.5, 0.6) is 0 Å². The highest BCUT2D eigenvalue weighted by Gasteiger charge is 2.16. The molecule has 138 valence electrons. The number of aliphatic hydroxyl groups excluding tert-OH is 1. The second kappa shape index (κ2) is 7.50. The molecule has 0 spiro atoms. The van der Waals surface area contributed by atoms with Crippen molar-refractivity contribution >= 4 is 0 Å². The first-order valence-electron chi connectivity index (χ1n) is 8.71. The lowest BCUT2D eigenvalue weighted by Gasteiger charge is -2.10. The molecule has 0 aliphatic heterocycles. The molecule has 4 aromatic rings. The Morgan fingerprint density at radius 1 is 1.19 bits per heavy atom. The highest BCUT2D eigenvalue weighted by molar-refractivity contribution is 5.45. The van der Waals surface area contributed by atoms with Crippen LogP contribution in [0.1, 0.15) is 24.7 Å². The summed E-state index contributed by atoms with van der Waals surface area (Å²) in [6, 6.07) is 11.5. The van der Waals surface area contributed by atoms with Crippen molar-refractivity contribution in [2.75, 3.05) is 0 Å². The van der Waals surface area contributed by atoms with Crippen LogP contribution in [0.2, 0.25) is 0 Å². The lowest BCUT2D eigenvalue weighted by atomic mass is 10.1. The summed E-state index contributed by atoms with van der Waals surface area (Å²) in [6.45, 7) is 2.33. The minimum Gasteiger partial charge on any atom is -0.461 e. The Balaban J connectivity index is 1.60. The van der Waals surface area contributed by atoms with Gasteiger partial charge in [-0.2, -0.15) is 0 Å². The van der Waals surface area contributed by atoms with Gasteiger partial charge in [0.1, 0.15) is 12.2 Å². The topological polar surface area (TPSA) is 108 Å². The molecule has 27 heavy (non-hydrogen) atoms. The molecule has 9 nitrogen and oxygen atoms in total. The second-order valence-corrected chi connectivity index (χ2v) is 6.17. The molecule has 1 unspecified atom stereocenters. The largest absolute Gasteiger partial charge is 0.461 e. The predicted molar refractivity (Wildman–Crippen MR) is 96.0 cm³/mol. The summed E-state index contributed by atoms with van der Waals surface area (Å²) in [6.07, 6.45) is 3.90. The summed E-state index contributed by atoms with van der Waals surface area (Å²) in [4.78, 5) is 4.62. The van der Waals surface area contributed by atoms with Crippen molar-refractivity contribution in [3.8, 4) is 17.3 Å². The van der Waals surface area contributed by atoms with E-state index in [4.69, 9.17) is 4.42 Å². The van der Waals surface area contributed by atoms with Crippen LogP contribution in [0.15, 0.2) is 53.4 Å². The molecule has 1 atom stereocenters. The van der Waals surface area contributed by atoms with Gasteiger partial charge in [-0.15, -0.1) is 10.2 Å². The summed E-state index contributed by atoms with van der Waals surface area (Å²) in [5.41, 5.74) is 1.94. The van der Waals surface area contributed by atoms with Crippen molar-refractivity contribution in [2.45, 2.75) is 32.4 Å². The quantitative estimate of drug-likeness (QED) is 0.533. The van der Waals surface area contributed by atoms with E-state index in [1.807, 2.05) is 37.3 Å². The first-order valence-corrected chi connectivity index (χ1v) is 8.71. The highest BCUT2D eigenvalue weighted by Crippen LogP contribution is 2.19. The van der Waals surface area contributed by atoms with E-state index in [0.29, 0.717) is 31.0 Å². The van der Waals surface area contributed by atoms with E-state index >= 15 is 0 Å². The zero-order valence-corrected chi connectivity index (χ0v) is 14.8.